The van der Waals surface area contributed by atoms with Crippen LogP contribution in [0.25, 0.3) is 0 Å². The van der Waals surface area contributed by atoms with Gasteiger partial charge in [-0.15, -0.1) is 11.3 Å². The summed E-state index contributed by atoms with van der Waals surface area (Å²) in [7, 11) is 0. The smallest absolute Gasteiger partial charge is 0.253 e. The highest BCUT2D eigenvalue weighted by atomic mass is 79.9. The van der Waals surface area contributed by atoms with Crippen molar-refractivity contribution < 1.29 is 4.79 Å². The number of carbonyl (C=O) groups excluding carboxylic acids is 1. The number of nitrogens with one attached hydrogen (secondary N) is 1. The lowest BCUT2D eigenvalue weighted by Gasteiger charge is -2.03. The Morgan fingerprint density at radius 2 is 2.24 bits per heavy atom. The topological polar surface area (TPSA) is 42.0 Å². The van der Waals surface area contributed by atoms with E-state index in [1.165, 1.54) is 17.5 Å². The van der Waals surface area contributed by atoms with Crippen LogP contribution in [-0.2, 0) is 6.54 Å². The number of hydrogen-bond donors (Lipinski definition) is 1. The SMILES string of the molecule is O=C(NCc1ccc(Cl)s1)c1ccc(Br)nc1. The lowest BCUT2D eigenvalue weighted by atomic mass is 10.3. The standard InChI is InChI=1S/C11H8BrClN2OS/c12-9-3-1-7(5-14-9)11(16)15-6-8-2-4-10(13)17-8/h1-5H,6H2,(H,15,16). The van der Waals surface area contributed by atoms with E-state index in [0.29, 0.717) is 16.7 Å². The van der Waals surface area contributed by atoms with Gasteiger partial charge in [0, 0.05) is 11.1 Å². The maximum atomic E-state index is 11.7. The van der Waals surface area contributed by atoms with Crippen LogP contribution in [0.15, 0.2) is 35.1 Å². The van der Waals surface area contributed by atoms with Gasteiger partial charge in [-0.3, -0.25) is 4.79 Å². The highest BCUT2D eigenvalue weighted by Gasteiger charge is 2.06. The monoisotopic (exact) mass is 330 g/mol. The van der Waals surface area contributed by atoms with Gasteiger partial charge in [-0.1, -0.05) is 11.6 Å². The maximum absolute atomic E-state index is 11.7. The van der Waals surface area contributed by atoms with E-state index in [-0.39, 0.29) is 5.91 Å². The lowest BCUT2D eigenvalue weighted by Crippen LogP contribution is -2.22. The molecule has 17 heavy (non-hydrogen) atoms. The minimum Gasteiger partial charge on any atom is -0.347 e. The second-order valence-electron chi connectivity index (χ2n) is 3.26. The molecule has 0 unspecified atom stereocenters. The molecule has 88 valence electrons. The zero-order valence-corrected chi connectivity index (χ0v) is 11.8. The molecule has 0 saturated carbocycles. The number of nitrogens with zero attached hydrogens (tertiary/aromatic N) is 1. The summed E-state index contributed by atoms with van der Waals surface area (Å²) in [6.07, 6.45) is 1.53. The number of pyridine rings is 1. The molecule has 0 aliphatic carbocycles. The maximum Gasteiger partial charge on any atom is 0.253 e. The number of thiophene rings is 1. The van der Waals surface area contributed by atoms with Crippen LogP contribution in [0.3, 0.4) is 0 Å². The van der Waals surface area contributed by atoms with Crippen LogP contribution in [0.4, 0.5) is 0 Å². The first-order valence-corrected chi connectivity index (χ1v) is 6.78. The van der Waals surface area contributed by atoms with Crippen molar-refractivity contribution in [3.8, 4) is 0 Å². The molecule has 2 rings (SSSR count). The molecule has 2 aromatic rings. The van der Waals surface area contributed by atoms with Crippen molar-refractivity contribution in [3.63, 3.8) is 0 Å². The van der Waals surface area contributed by atoms with Gasteiger partial charge in [-0.25, -0.2) is 4.98 Å². The number of aromatic nitrogens is 1. The second kappa shape index (κ2) is 5.62. The summed E-state index contributed by atoms with van der Waals surface area (Å²) in [6.45, 7) is 0.478. The van der Waals surface area contributed by atoms with Crippen molar-refractivity contribution >= 4 is 44.8 Å². The number of halogens is 2. The van der Waals surface area contributed by atoms with Crippen LogP contribution in [0.5, 0.6) is 0 Å². The third kappa shape index (κ3) is 3.52. The number of hydrogen-bond acceptors (Lipinski definition) is 3. The Balaban J connectivity index is 1.95. The molecule has 1 N–H and O–H groups in total. The van der Waals surface area contributed by atoms with Crippen LogP contribution in [0.2, 0.25) is 4.34 Å². The molecule has 2 aromatic heterocycles. The zero-order valence-electron chi connectivity index (χ0n) is 8.61. The largest absolute Gasteiger partial charge is 0.347 e. The molecule has 0 spiro atoms. The summed E-state index contributed by atoms with van der Waals surface area (Å²) in [5.41, 5.74) is 0.538. The predicted molar refractivity (Wildman–Crippen MR) is 72.4 cm³/mol. The summed E-state index contributed by atoms with van der Waals surface area (Å²) in [4.78, 5) is 16.8. The Kier molecular flexibility index (Phi) is 4.15. The summed E-state index contributed by atoms with van der Waals surface area (Å²) in [5, 5.41) is 2.81. The fraction of sp³-hybridized carbons (Fsp3) is 0.0909. The molecular formula is C11H8BrClN2OS. The van der Waals surface area contributed by atoms with Gasteiger partial charge in [0.05, 0.1) is 16.4 Å². The lowest BCUT2D eigenvalue weighted by molar-refractivity contribution is 0.0951. The van der Waals surface area contributed by atoms with Gasteiger partial charge >= 0.3 is 0 Å². The molecule has 2 heterocycles. The van der Waals surface area contributed by atoms with Crippen molar-refractivity contribution in [2.24, 2.45) is 0 Å². The van der Waals surface area contributed by atoms with Crippen molar-refractivity contribution in [1.29, 1.82) is 0 Å². The van der Waals surface area contributed by atoms with Crippen molar-refractivity contribution in [3.05, 3.63) is 49.8 Å². The number of amides is 1. The molecule has 0 atom stereocenters. The average molecular weight is 332 g/mol. The van der Waals surface area contributed by atoms with E-state index in [0.717, 1.165) is 9.21 Å². The van der Waals surface area contributed by atoms with E-state index in [4.69, 9.17) is 11.6 Å². The molecule has 0 saturated heterocycles. The third-order valence-electron chi connectivity index (χ3n) is 2.04. The van der Waals surface area contributed by atoms with Crippen LogP contribution in [0, 0.1) is 0 Å². The van der Waals surface area contributed by atoms with Gasteiger partial charge in [-0.2, -0.15) is 0 Å². The molecule has 3 nitrogen and oxygen atoms in total. The van der Waals surface area contributed by atoms with Gasteiger partial charge in [-0.05, 0) is 40.2 Å². The Morgan fingerprint density at radius 1 is 1.41 bits per heavy atom. The van der Waals surface area contributed by atoms with E-state index >= 15 is 0 Å². The molecule has 6 heteroatoms. The summed E-state index contributed by atoms with van der Waals surface area (Å²) >= 11 is 10.5. The Hall–Kier alpha value is -0.910. The number of carbonyl (C=O) groups is 1. The van der Waals surface area contributed by atoms with Gasteiger partial charge in [0.1, 0.15) is 4.60 Å². The highest BCUT2D eigenvalue weighted by molar-refractivity contribution is 9.10. The minimum absolute atomic E-state index is 0.144. The van der Waals surface area contributed by atoms with E-state index in [9.17, 15) is 4.79 Å². The Morgan fingerprint density at radius 3 is 2.82 bits per heavy atom. The zero-order chi connectivity index (χ0) is 12.3. The number of rotatable bonds is 3. The second-order valence-corrected chi connectivity index (χ2v) is 5.87. The summed E-state index contributed by atoms with van der Waals surface area (Å²) in [5.74, 6) is -0.144. The minimum atomic E-state index is -0.144. The fourth-order valence-corrected chi connectivity index (χ4v) is 2.49. The predicted octanol–water partition coefficient (Wildman–Crippen LogP) is 3.49. The van der Waals surface area contributed by atoms with Crippen LogP contribution in [-0.4, -0.2) is 10.9 Å². The van der Waals surface area contributed by atoms with E-state index in [1.54, 1.807) is 12.1 Å². The quantitative estimate of drug-likeness (QED) is 0.875. The fourth-order valence-electron chi connectivity index (χ4n) is 1.23. The first-order valence-electron chi connectivity index (χ1n) is 4.79. The molecule has 0 fully saturated rings. The molecule has 0 aliphatic heterocycles. The van der Waals surface area contributed by atoms with Gasteiger partial charge in [0.2, 0.25) is 0 Å². The normalized spacial score (nSPS) is 10.2. The van der Waals surface area contributed by atoms with Crippen LogP contribution >= 0.6 is 38.9 Å². The van der Waals surface area contributed by atoms with Gasteiger partial charge < -0.3 is 5.32 Å². The molecule has 0 aliphatic rings. The van der Waals surface area contributed by atoms with Crippen molar-refractivity contribution in [2.45, 2.75) is 6.54 Å². The van der Waals surface area contributed by atoms with E-state index in [2.05, 4.69) is 26.2 Å². The van der Waals surface area contributed by atoms with E-state index < -0.39 is 0 Å². The van der Waals surface area contributed by atoms with Crippen LogP contribution in [0.1, 0.15) is 15.2 Å². The first kappa shape index (κ1) is 12.5. The van der Waals surface area contributed by atoms with Gasteiger partial charge in [0.25, 0.3) is 5.91 Å². The Labute approximate surface area is 116 Å². The van der Waals surface area contributed by atoms with Crippen LogP contribution < -0.4 is 5.32 Å². The highest BCUT2D eigenvalue weighted by Crippen LogP contribution is 2.21. The van der Waals surface area contributed by atoms with Crippen molar-refractivity contribution in [2.75, 3.05) is 0 Å². The molecular weight excluding hydrogens is 324 g/mol. The van der Waals surface area contributed by atoms with E-state index in [1.807, 2.05) is 12.1 Å². The third-order valence-corrected chi connectivity index (χ3v) is 3.74. The Bertz CT molecular complexity index is 527. The van der Waals surface area contributed by atoms with Crippen molar-refractivity contribution in [1.82, 2.24) is 10.3 Å². The molecule has 0 aromatic carbocycles. The molecule has 1 amide bonds. The van der Waals surface area contributed by atoms with Gasteiger partial charge in [0.15, 0.2) is 0 Å². The summed E-state index contributed by atoms with van der Waals surface area (Å²) in [6, 6.07) is 7.16. The first-order chi connectivity index (χ1) is 8.15. The average Bonchev–Trinajstić information content (AvgIpc) is 2.73. The molecule has 0 radical (unpaired) electrons. The summed E-state index contributed by atoms with van der Waals surface area (Å²) < 4.78 is 1.43. The molecule has 0 bridgehead atoms.